The lowest BCUT2D eigenvalue weighted by Crippen LogP contribution is -2.41. The van der Waals surface area contributed by atoms with Crippen LogP contribution in [-0.4, -0.2) is 57.9 Å². The number of anilines is 2. The zero-order valence-corrected chi connectivity index (χ0v) is 24.1. The molecule has 3 aromatic carbocycles. The van der Waals surface area contributed by atoms with Crippen LogP contribution in [0.1, 0.15) is 56.7 Å². The largest absolute Gasteiger partial charge is 0.497 e. The third kappa shape index (κ3) is 4.62. The van der Waals surface area contributed by atoms with Gasteiger partial charge >= 0.3 is 5.97 Å². The van der Waals surface area contributed by atoms with Crippen molar-refractivity contribution in [3.8, 4) is 11.4 Å². The molecule has 43 heavy (non-hydrogen) atoms. The Bertz CT molecular complexity index is 1850. The van der Waals surface area contributed by atoms with Gasteiger partial charge in [0.25, 0.3) is 5.91 Å². The molecule has 5 aromatic rings. The van der Waals surface area contributed by atoms with Crippen molar-refractivity contribution in [1.29, 1.82) is 0 Å². The van der Waals surface area contributed by atoms with E-state index in [1.54, 1.807) is 41.2 Å². The van der Waals surface area contributed by atoms with E-state index < -0.39 is 11.9 Å². The summed E-state index contributed by atoms with van der Waals surface area (Å²) in [6, 6.07) is 22.1. The van der Waals surface area contributed by atoms with Crippen LogP contribution in [0.3, 0.4) is 0 Å². The molecule has 0 aliphatic carbocycles. The number of carboxylic acid groups (broad SMARTS) is 1. The number of fused-ring (bicyclic) bond motifs is 2. The van der Waals surface area contributed by atoms with Gasteiger partial charge in [0.2, 0.25) is 5.91 Å². The van der Waals surface area contributed by atoms with Crippen LogP contribution in [0.2, 0.25) is 0 Å². The molecule has 2 amide bonds. The van der Waals surface area contributed by atoms with E-state index >= 15 is 0 Å². The molecule has 0 spiro atoms. The van der Waals surface area contributed by atoms with Crippen molar-refractivity contribution < 1.29 is 24.2 Å². The summed E-state index contributed by atoms with van der Waals surface area (Å²) in [5.74, 6) is -1.41. The summed E-state index contributed by atoms with van der Waals surface area (Å²) in [4.78, 5) is 47.7. The summed E-state index contributed by atoms with van der Waals surface area (Å²) in [6.45, 7) is 0.852. The van der Waals surface area contributed by atoms with Crippen LogP contribution in [0, 0.1) is 0 Å². The highest BCUT2D eigenvalue weighted by Crippen LogP contribution is 2.41. The molecule has 7 rings (SSSR count). The van der Waals surface area contributed by atoms with Gasteiger partial charge in [-0.15, -0.1) is 11.3 Å². The monoisotopic (exact) mass is 593 g/mol. The fourth-order valence-electron chi connectivity index (χ4n) is 5.87. The molecule has 1 fully saturated rings. The second-order valence-corrected chi connectivity index (χ2v) is 11.6. The zero-order chi connectivity index (χ0) is 29.7. The van der Waals surface area contributed by atoms with Gasteiger partial charge in [0, 0.05) is 36.4 Å². The molecule has 2 aromatic heterocycles. The summed E-state index contributed by atoms with van der Waals surface area (Å²) in [6.07, 6.45) is 2.37. The van der Waals surface area contributed by atoms with E-state index in [0.717, 1.165) is 28.7 Å². The number of hydrogen-bond donors (Lipinski definition) is 1. The molecule has 2 aliphatic rings. The Morgan fingerprint density at radius 2 is 1.63 bits per heavy atom. The number of benzene rings is 3. The molecule has 4 heterocycles. The van der Waals surface area contributed by atoms with Gasteiger partial charge in [0.1, 0.15) is 16.5 Å². The van der Waals surface area contributed by atoms with Crippen LogP contribution in [0.5, 0.6) is 5.75 Å². The first kappa shape index (κ1) is 26.8. The smallest absolute Gasteiger partial charge is 0.356 e. The van der Waals surface area contributed by atoms with E-state index in [0.29, 0.717) is 40.7 Å². The molecular formula is C32H27N5O5S. The van der Waals surface area contributed by atoms with Gasteiger partial charge in [-0.25, -0.2) is 14.5 Å². The third-order valence-electron chi connectivity index (χ3n) is 8.01. The summed E-state index contributed by atoms with van der Waals surface area (Å²) < 4.78 is 7.67. The Balaban J connectivity index is 1.37. The Hall–Kier alpha value is -5.03. The predicted octanol–water partition coefficient (Wildman–Crippen LogP) is 5.50. The van der Waals surface area contributed by atoms with E-state index in [2.05, 4.69) is 5.10 Å². The molecule has 1 N–H and O–H groups in total. The van der Waals surface area contributed by atoms with Crippen LogP contribution in [0.15, 0.2) is 72.8 Å². The van der Waals surface area contributed by atoms with Gasteiger partial charge < -0.3 is 19.6 Å². The van der Waals surface area contributed by atoms with Crippen molar-refractivity contribution in [3.05, 3.63) is 94.8 Å². The van der Waals surface area contributed by atoms with Crippen LogP contribution in [0.4, 0.5) is 11.4 Å². The topological polar surface area (TPSA) is 118 Å². The molecular weight excluding hydrogens is 566 g/mol. The fourth-order valence-corrected chi connectivity index (χ4v) is 6.94. The van der Waals surface area contributed by atoms with E-state index in [-0.39, 0.29) is 29.7 Å². The van der Waals surface area contributed by atoms with Crippen molar-refractivity contribution in [2.45, 2.75) is 25.2 Å². The number of carbonyl (C=O) groups excluding carboxylic acids is 2. The van der Waals surface area contributed by atoms with Crippen molar-refractivity contribution in [2.24, 2.45) is 0 Å². The Labute approximate surface area is 250 Å². The maximum absolute atomic E-state index is 14.3. The van der Waals surface area contributed by atoms with E-state index in [9.17, 15) is 19.5 Å². The van der Waals surface area contributed by atoms with Crippen molar-refractivity contribution in [1.82, 2.24) is 14.8 Å². The number of aromatic nitrogens is 3. The van der Waals surface area contributed by atoms with Crippen LogP contribution in [0.25, 0.3) is 15.9 Å². The number of nitrogens with zero attached hydrogens (tertiary/aromatic N) is 5. The van der Waals surface area contributed by atoms with Gasteiger partial charge in [0.05, 0.1) is 28.9 Å². The fraction of sp³-hybridized carbons (Fsp3) is 0.219. The normalized spacial score (nSPS) is 16.9. The maximum Gasteiger partial charge on any atom is 0.356 e. The lowest BCUT2D eigenvalue weighted by atomic mass is 9.91. The van der Waals surface area contributed by atoms with Crippen molar-refractivity contribution in [2.75, 3.05) is 30.0 Å². The van der Waals surface area contributed by atoms with E-state index in [4.69, 9.17) is 9.72 Å². The van der Waals surface area contributed by atoms with Crippen LogP contribution < -0.4 is 14.5 Å². The van der Waals surface area contributed by atoms with E-state index in [1.165, 1.54) is 16.0 Å². The molecule has 1 atom stereocenters. The molecule has 216 valence electrons. The SMILES string of the molecule is COc1ccc(-n2nc(C(=O)O)c3c2C(=O)N(c2ccc(N4CCCCC4=O)cc2)CC3c2nc3ccccc3s2)cc1. The highest BCUT2D eigenvalue weighted by atomic mass is 32.1. The molecule has 1 unspecified atom stereocenters. The number of hydrogen-bond acceptors (Lipinski definition) is 7. The standard InChI is InChI=1S/C32H27N5O5S/c1-42-22-15-13-21(14-16-22)37-29-27(28(34-37)32(40)41)23(30-33-24-6-2-3-7-25(24)43-30)18-36(31(29)39)20-11-9-19(10-12-20)35-17-5-4-8-26(35)38/h2-3,6-7,9-16,23H,4-5,8,17-18H2,1H3,(H,40,41). The second-order valence-electron chi connectivity index (χ2n) is 10.5. The van der Waals surface area contributed by atoms with Crippen molar-refractivity contribution >= 4 is 50.7 Å². The van der Waals surface area contributed by atoms with Gasteiger partial charge in [-0.3, -0.25) is 9.59 Å². The molecule has 1 saturated heterocycles. The van der Waals surface area contributed by atoms with Gasteiger partial charge in [-0.1, -0.05) is 12.1 Å². The first-order valence-corrected chi connectivity index (χ1v) is 14.8. The van der Waals surface area contributed by atoms with Gasteiger partial charge in [0.15, 0.2) is 5.69 Å². The number of piperidine rings is 1. The van der Waals surface area contributed by atoms with Crippen molar-refractivity contribution in [3.63, 3.8) is 0 Å². The number of thiazole rings is 1. The lowest BCUT2D eigenvalue weighted by molar-refractivity contribution is -0.119. The van der Waals surface area contributed by atoms with Crippen LogP contribution in [-0.2, 0) is 4.79 Å². The second kappa shape index (κ2) is 10.7. The first-order chi connectivity index (χ1) is 20.9. The average molecular weight is 594 g/mol. The Morgan fingerprint density at radius 3 is 2.30 bits per heavy atom. The molecule has 11 heteroatoms. The highest BCUT2D eigenvalue weighted by Gasteiger charge is 2.42. The van der Waals surface area contributed by atoms with Gasteiger partial charge in [-0.2, -0.15) is 5.10 Å². The maximum atomic E-state index is 14.3. The Morgan fingerprint density at radius 1 is 0.930 bits per heavy atom. The molecule has 0 radical (unpaired) electrons. The number of carboxylic acids is 1. The molecule has 0 bridgehead atoms. The minimum absolute atomic E-state index is 0.0955. The minimum atomic E-state index is -1.22. The number of ether oxygens (including phenoxy) is 1. The summed E-state index contributed by atoms with van der Waals surface area (Å²) >= 11 is 1.48. The minimum Gasteiger partial charge on any atom is -0.497 e. The third-order valence-corrected chi connectivity index (χ3v) is 9.16. The first-order valence-electron chi connectivity index (χ1n) is 14.0. The highest BCUT2D eigenvalue weighted by molar-refractivity contribution is 7.18. The summed E-state index contributed by atoms with van der Waals surface area (Å²) in [5.41, 5.74) is 3.10. The molecule has 10 nitrogen and oxygen atoms in total. The van der Waals surface area contributed by atoms with E-state index in [1.807, 2.05) is 48.5 Å². The van der Waals surface area contributed by atoms with Gasteiger partial charge in [-0.05, 0) is 73.5 Å². The summed E-state index contributed by atoms with van der Waals surface area (Å²) in [7, 11) is 1.56. The van der Waals surface area contributed by atoms with Crippen LogP contribution >= 0.6 is 11.3 Å². The molecule has 2 aliphatic heterocycles. The number of rotatable bonds is 6. The average Bonchev–Trinajstić information content (AvgIpc) is 3.65. The number of para-hydroxylation sites is 1. The summed E-state index contributed by atoms with van der Waals surface area (Å²) in [5, 5.41) is 15.4. The Kier molecular flexibility index (Phi) is 6.66. The number of methoxy groups -OCH3 is 1. The predicted molar refractivity (Wildman–Crippen MR) is 163 cm³/mol. The number of aromatic carboxylic acids is 1. The lowest BCUT2D eigenvalue weighted by Gasteiger charge is -2.33. The number of amides is 2. The zero-order valence-electron chi connectivity index (χ0n) is 23.3. The molecule has 0 saturated carbocycles. The quantitative estimate of drug-likeness (QED) is 0.276. The number of carbonyl (C=O) groups is 3.